The molecule has 0 saturated carbocycles. The van der Waals surface area contributed by atoms with Gasteiger partial charge in [-0.25, -0.2) is 4.98 Å². The molecule has 7 nitrogen and oxygen atoms in total. The molecule has 0 bridgehead atoms. The standard InChI is InChI=1S/C20H18N4O3S/c1-3-26-15-7-8-16-18(11-15)28-20(22-16)24(12-14-6-4-5-9-21-14)19(25)17-10-13(2)27-23-17/h4-11H,3,12H2,1-2H3. The number of pyridine rings is 1. The Labute approximate surface area is 165 Å². The van der Waals surface area contributed by atoms with Gasteiger partial charge in [0.15, 0.2) is 10.8 Å². The van der Waals surface area contributed by atoms with Crippen LogP contribution in [0.3, 0.4) is 0 Å². The van der Waals surface area contributed by atoms with E-state index >= 15 is 0 Å². The van der Waals surface area contributed by atoms with Gasteiger partial charge in [0, 0.05) is 12.3 Å². The Bertz CT molecular complexity index is 1110. The van der Waals surface area contributed by atoms with Gasteiger partial charge in [0.05, 0.1) is 29.1 Å². The van der Waals surface area contributed by atoms with Crippen molar-refractivity contribution in [2.75, 3.05) is 11.5 Å². The number of carbonyl (C=O) groups excluding carboxylic acids is 1. The molecule has 142 valence electrons. The van der Waals surface area contributed by atoms with E-state index in [9.17, 15) is 4.79 Å². The minimum absolute atomic E-state index is 0.239. The van der Waals surface area contributed by atoms with Crippen molar-refractivity contribution in [3.8, 4) is 5.75 Å². The first-order valence-electron chi connectivity index (χ1n) is 8.82. The van der Waals surface area contributed by atoms with Gasteiger partial charge in [0.25, 0.3) is 5.91 Å². The number of anilines is 1. The largest absolute Gasteiger partial charge is 0.494 e. The minimum atomic E-state index is -0.286. The molecule has 0 fully saturated rings. The van der Waals surface area contributed by atoms with Crippen molar-refractivity contribution in [3.63, 3.8) is 0 Å². The third kappa shape index (κ3) is 3.72. The number of ether oxygens (including phenoxy) is 1. The molecule has 0 N–H and O–H groups in total. The lowest BCUT2D eigenvalue weighted by Gasteiger charge is -2.18. The van der Waals surface area contributed by atoms with E-state index in [0.717, 1.165) is 21.7 Å². The summed E-state index contributed by atoms with van der Waals surface area (Å²) in [5.41, 5.74) is 1.80. The molecular formula is C20H18N4O3S. The summed E-state index contributed by atoms with van der Waals surface area (Å²) in [6.45, 7) is 4.56. The molecular weight excluding hydrogens is 376 g/mol. The summed E-state index contributed by atoms with van der Waals surface area (Å²) in [4.78, 5) is 23.7. The van der Waals surface area contributed by atoms with Crippen LogP contribution in [0.25, 0.3) is 10.2 Å². The maximum Gasteiger partial charge on any atom is 0.282 e. The predicted molar refractivity (Wildman–Crippen MR) is 107 cm³/mol. The highest BCUT2D eigenvalue weighted by molar-refractivity contribution is 7.22. The van der Waals surface area contributed by atoms with Crippen molar-refractivity contribution in [3.05, 3.63) is 65.8 Å². The van der Waals surface area contributed by atoms with Gasteiger partial charge in [-0.2, -0.15) is 0 Å². The molecule has 28 heavy (non-hydrogen) atoms. The van der Waals surface area contributed by atoms with Crippen LogP contribution >= 0.6 is 11.3 Å². The Hall–Kier alpha value is -3.26. The summed E-state index contributed by atoms with van der Waals surface area (Å²) in [7, 11) is 0. The fraction of sp³-hybridized carbons (Fsp3) is 0.200. The highest BCUT2D eigenvalue weighted by Crippen LogP contribution is 2.33. The van der Waals surface area contributed by atoms with Gasteiger partial charge < -0.3 is 9.26 Å². The lowest BCUT2D eigenvalue weighted by molar-refractivity contribution is 0.0976. The van der Waals surface area contributed by atoms with Gasteiger partial charge >= 0.3 is 0 Å². The number of hydrogen-bond donors (Lipinski definition) is 0. The van der Waals surface area contributed by atoms with Crippen molar-refractivity contribution < 1.29 is 14.1 Å². The second-order valence-electron chi connectivity index (χ2n) is 6.09. The number of amides is 1. The molecule has 1 aromatic carbocycles. The van der Waals surface area contributed by atoms with Gasteiger partial charge in [-0.05, 0) is 44.2 Å². The molecule has 0 atom stereocenters. The molecule has 3 heterocycles. The maximum absolute atomic E-state index is 13.1. The molecule has 0 radical (unpaired) electrons. The smallest absolute Gasteiger partial charge is 0.282 e. The van der Waals surface area contributed by atoms with Crippen LogP contribution in [0.2, 0.25) is 0 Å². The topological polar surface area (TPSA) is 81.4 Å². The van der Waals surface area contributed by atoms with E-state index in [2.05, 4.69) is 15.1 Å². The summed E-state index contributed by atoms with van der Waals surface area (Å²) >= 11 is 1.42. The Morgan fingerprint density at radius 1 is 1.25 bits per heavy atom. The molecule has 0 spiro atoms. The van der Waals surface area contributed by atoms with E-state index in [1.807, 2.05) is 43.3 Å². The van der Waals surface area contributed by atoms with Crippen LogP contribution < -0.4 is 9.64 Å². The van der Waals surface area contributed by atoms with E-state index in [4.69, 9.17) is 9.26 Å². The molecule has 8 heteroatoms. The van der Waals surface area contributed by atoms with E-state index in [1.54, 1.807) is 24.1 Å². The maximum atomic E-state index is 13.1. The SMILES string of the molecule is CCOc1ccc2nc(N(Cc3ccccn3)C(=O)c3cc(C)on3)sc2c1. The van der Waals surface area contributed by atoms with Crippen LogP contribution in [-0.4, -0.2) is 27.6 Å². The summed E-state index contributed by atoms with van der Waals surface area (Å²) in [5.74, 6) is 1.07. The van der Waals surface area contributed by atoms with Crippen molar-refractivity contribution in [1.29, 1.82) is 0 Å². The lowest BCUT2D eigenvalue weighted by Crippen LogP contribution is -2.31. The number of hydrogen-bond acceptors (Lipinski definition) is 7. The van der Waals surface area contributed by atoms with E-state index in [-0.39, 0.29) is 18.1 Å². The Morgan fingerprint density at radius 3 is 2.86 bits per heavy atom. The number of aryl methyl sites for hydroxylation is 1. The van der Waals surface area contributed by atoms with E-state index in [0.29, 0.717) is 17.5 Å². The molecule has 0 unspecified atom stereocenters. The highest BCUT2D eigenvalue weighted by atomic mass is 32.1. The van der Waals surface area contributed by atoms with E-state index in [1.165, 1.54) is 11.3 Å². The number of rotatable bonds is 6. The summed E-state index contributed by atoms with van der Waals surface area (Å²) in [6, 6.07) is 12.9. The number of benzene rings is 1. The Morgan fingerprint density at radius 2 is 2.14 bits per heavy atom. The van der Waals surface area contributed by atoms with Gasteiger partial charge in [-0.3, -0.25) is 14.7 Å². The third-order valence-corrected chi connectivity index (χ3v) is 5.07. The van der Waals surface area contributed by atoms with Crippen LogP contribution in [-0.2, 0) is 6.54 Å². The van der Waals surface area contributed by atoms with Crippen LogP contribution in [0.4, 0.5) is 5.13 Å². The quantitative estimate of drug-likeness (QED) is 0.487. The fourth-order valence-electron chi connectivity index (χ4n) is 2.75. The van der Waals surface area contributed by atoms with Crippen LogP contribution in [0.5, 0.6) is 5.75 Å². The molecule has 1 amide bonds. The first-order valence-corrected chi connectivity index (χ1v) is 9.64. The zero-order valence-electron chi connectivity index (χ0n) is 15.5. The van der Waals surface area contributed by atoms with Crippen LogP contribution in [0, 0.1) is 6.92 Å². The number of nitrogens with zero attached hydrogens (tertiary/aromatic N) is 4. The average Bonchev–Trinajstić information content (AvgIpc) is 3.32. The van der Waals surface area contributed by atoms with Gasteiger partial charge in [0.2, 0.25) is 0 Å². The molecule has 4 rings (SSSR count). The monoisotopic (exact) mass is 394 g/mol. The lowest BCUT2D eigenvalue weighted by atomic mass is 10.3. The Balaban J connectivity index is 1.73. The van der Waals surface area contributed by atoms with Crippen molar-refractivity contribution >= 4 is 32.6 Å². The third-order valence-electron chi connectivity index (χ3n) is 4.03. The summed E-state index contributed by atoms with van der Waals surface area (Å²) in [6.07, 6.45) is 1.70. The van der Waals surface area contributed by atoms with Crippen molar-refractivity contribution in [2.45, 2.75) is 20.4 Å². The molecule has 3 aromatic heterocycles. The van der Waals surface area contributed by atoms with E-state index < -0.39 is 0 Å². The second kappa shape index (κ2) is 7.77. The van der Waals surface area contributed by atoms with Crippen LogP contribution in [0.1, 0.15) is 28.9 Å². The average molecular weight is 394 g/mol. The molecule has 0 aliphatic carbocycles. The van der Waals surface area contributed by atoms with Gasteiger partial charge in [-0.1, -0.05) is 22.6 Å². The molecule has 0 aliphatic heterocycles. The van der Waals surface area contributed by atoms with Crippen LogP contribution in [0.15, 0.2) is 53.2 Å². The highest BCUT2D eigenvalue weighted by Gasteiger charge is 2.24. The normalized spacial score (nSPS) is 10.9. The van der Waals surface area contributed by atoms with Gasteiger partial charge in [-0.15, -0.1) is 0 Å². The zero-order valence-corrected chi connectivity index (χ0v) is 16.3. The predicted octanol–water partition coefficient (Wildman–Crippen LogP) is 4.23. The molecule has 4 aromatic rings. The number of aromatic nitrogens is 3. The van der Waals surface area contributed by atoms with Gasteiger partial charge in [0.1, 0.15) is 11.5 Å². The number of fused-ring (bicyclic) bond motifs is 1. The van der Waals surface area contributed by atoms with Crippen molar-refractivity contribution in [2.24, 2.45) is 0 Å². The van der Waals surface area contributed by atoms with Crippen molar-refractivity contribution in [1.82, 2.24) is 15.1 Å². The minimum Gasteiger partial charge on any atom is -0.494 e. The molecule has 0 aliphatic rings. The molecule has 0 saturated heterocycles. The second-order valence-corrected chi connectivity index (χ2v) is 7.10. The Kier molecular flexibility index (Phi) is 5.03. The first kappa shape index (κ1) is 18.1. The first-order chi connectivity index (χ1) is 13.6. The number of thiazole rings is 1. The summed E-state index contributed by atoms with van der Waals surface area (Å²) < 4.78 is 11.6. The fourth-order valence-corrected chi connectivity index (χ4v) is 3.74. The zero-order chi connectivity index (χ0) is 19.5. The summed E-state index contributed by atoms with van der Waals surface area (Å²) in [5, 5.41) is 4.44. The number of carbonyl (C=O) groups is 1.